The first-order valence-electron chi connectivity index (χ1n) is 10.9. The molecule has 0 atom stereocenters. The van der Waals surface area contributed by atoms with Gasteiger partial charge in [-0.05, 0) is 73.0 Å². The number of esters is 1. The summed E-state index contributed by atoms with van der Waals surface area (Å²) in [5, 5.41) is 4.49. The smallest absolute Gasteiger partial charge is 0.343 e. The van der Waals surface area contributed by atoms with E-state index in [1.807, 2.05) is 25.1 Å². The molecule has 7 nitrogen and oxygen atoms in total. The van der Waals surface area contributed by atoms with Crippen LogP contribution in [0.3, 0.4) is 0 Å². The monoisotopic (exact) mass is 492 g/mol. The van der Waals surface area contributed by atoms with Crippen molar-refractivity contribution < 1.29 is 23.8 Å². The van der Waals surface area contributed by atoms with E-state index >= 15 is 0 Å². The maximum atomic E-state index is 12.4. The highest BCUT2D eigenvalue weighted by Gasteiger charge is 2.13. The Bertz CT molecular complexity index is 1210. The molecule has 3 aromatic carbocycles. The molecule has 8 heteroatoms. The van der Waals surface area contributed by atoms with Gasteiger partial charge in [0.05, 0.1) is 18.4 Å². The Balaban J connectivity index is 1.59. The van der Waals surface area contributed by atoms with Crippen LogP contribution in [0, 0.1) is 0 Å². The van der Waals surface area contributed by atoms with Gasteiger partial charge in [0.1, 0.15) is 5.75 Å². The number of amides is 1. The predicted molar refractivity (Wildman–Crippen MR) is 136 cm³/mol. The Morgan fingerprint density at radius 1 is 1.00 bits per heavy atom. The quantitative estimate of drug-likeness (QED) is 0.130. The van der Waals surface area contributed by atoms with Crippen molar-refractivity contribution in [2.45, 2.75) is 13.3 Å². The summed E-state index contributed by atoms with van der Waals surface area (Å²) in [6.45, 7) is 5.73. The van der Waals surface area contributed by atoms with Crippen LogP contribution in [0.25, 0.3) is 0 Å². The number of nitrogens with one attached hydrogen (secondary N) is 1. The molecule has 3 aromatic rings. The molecule has 0 spiro atoms. The molecular weight excluding hydrogens is 468 g/mol. The van der Waals surface area contributed by atoms with Gasteiger partial charge in [0, 0.05) is 5.02 Å². The molecule has 0 aliphatic carbocycles. The number of hydrogen-bond donors (Lipinski definition) is 1. The van der Waals surface area contributed by atoms with Gasteiger partial charge in [-0.15, -0.1) is 6.58 Å². The van der Waals surface area contributed by atoms with E-state index in [-0.39, 0.29) is 12.4 Å². The minimum absolute atomic E-state index is 0.185. The van der Waals surface area contributed by atoms with Gasteiger partial charge in [0.15, 0.2) is 18.1 Å². The summed E-state index contributed by atoms with van der Waals surface area (Å²) < 4.78 is 16.7. The predicted octanol–water partition coefficient (Wildman–Crippen LogP) is 5.22. The van der Waals surface area contributed by atoms with E-state index in [2.05, 4.69) is 17.1 Å². The molecule has 35 heavy (non-hydrogen) atoms. The zero-order valence-electron chi connectivity index (χ0n) is 19.2. The second-order valence-corrected chi connectivity index (χ2v) is 7.65. The number of carbonyl (C=O) groups is 2. The maximum absolute atomic E-state index is 12.4. The molecule has 1 amide bonds. The fourth-order valence-corrected chi connectivity index (χ4v) is 3.15. The van der Waals surface area contributed by atoms with E-state index < -0.39 is 11.9 Å². The van der Waals surface area contributed by atoms with Crippen molar-refractivity contribution in [2.75, 3.05) is 13.2 Å². The standard InChI is InChI=1S/C27H25ClN2O5/c1-3-7-20-8-5-6-9-23(20)34-18-26(31)30-29-17-19-10-15-24(25(16-19)33-4-2)35-27(32)21-11-13-22(28)14-12-21/h3,5-6,8-17H,1,4,7,18H2,2H3,(H,30,31)/b29-17-. The van der Waals surface area contributed by atoms with Crippen LogP contribution in [0.15, 0.2) is 84.5 Å². The molecule has 0 bridgehead atoms. The van der Waals surface area contributed by atoms with E-state index in [0.717, 1.165) is 5.56 Å². The van der Waals surface area contributed by atoms with Crippen LogP contribution in [-0.2, 0) is 11.2 Å². The fourth-order valence-electron chi connectivity index (χ4n) is 3.03. The number of allylic oxidation sites excluding steroid dienone is 1. The van der Waals surface area contributed by atoms with Crippen molar-refractivity contribution in [1.82, 2.24) is 5.43 Å². The molecule has 0 aliphatic heterocycles. The molecule has 0 aliphatic rings. The van der Waals surface area contributed by atoms with Gasteiger partial charge in [-0.25, -0.2) is 10.2 Å². The number of carbonyl (C=O) groups excluding carboxylic acids is 2. The van der Waals surface area contributed by atoms with Gasteiger partial charge in [-0.2, -0.15) is 5.10 Å². The third kappa shape index (κ3) is 7.72. The Kier molecular flexibility index (Phi) is 9.45. The number of nitrogens with zero attached hydrogens (tertiary/aromatic N) is 1. The van der Waals surface area contributed by atoms with Crippen molar-refractivity contribution >= 4 is 29.7 Å². The van der Waals surface area contributed by atoms with Gasteiger partial charge < -0.3 is 14.2 Å². The average molecular weight is 493 g/mol. The number of hydrazone groups is 1. The summed E-state index contributed by atoms with van der Waals surface area (Å²) in [7, 11) is 0. The van der Waals surface area contributed by atoms with Gasteiger partial charge in [-0.1, -0.05) is 35.9 Å². The van der Waals surface area contributed by atoms with Crippen molar-refractivity contribution in [3.8, 4) is 17.2 Å². The Morgan fingerprint density at radius 3 is 2.51 bits per heavy atom. The van der Waals surface area contributed by atoms with E-state index in [0.29, 0.717) is 40.7 Å². The van der Waals surface area contributed by atoms with Crippen LogP contribution in [0.5, 0.6) is 17.2 Å². The maximum Gasteiger partial charge on any atom is 0.343 e. The first-order chi connectivity index (χ1) is 17.0. The van der Waals surface area contributed by atoms with Crippen LogP contribution in [0.1, 0.15) is 28.4 Å². The lowest BCUT2D eigenvalue weighted by Crippen LogP contribution is -2.24. The molecule has 0 unspecified atom stereocenters. The van der Waals surface area contributed by atoms with E-state index in [4.69, 9.17) is 25.8 Å². The number of benzene rings is 3. The first kappa shape index (κ1) is 25.5. The van der Waals surface area contributed by atoms with Gasteiger partial charge >= 0.3 is 5.97 Å². The van der Waals surface area contributed by atoms with Crippen LogP contribution in [0.4, 0.5) is 0 Å². The second kappa shape index (κ2) is 13.0. The topological polar surface area (TPSA) is 86.2 Å². The van der Waals surface area contributed by atoms with E-state index in [1.54, 1.807) is 54.6 Å². The van der Waals surface area contributed by atoms with Crippen LogP contribution in [-0.4, -0.2) is 31.3 Å². The molecular formula is C27H25ClN2O5. The van der Waals surface area contributed by atoms with Gasteiger partial charge in [0.25, 0.3) is 5.91 Å². The third-order valence-corrected chi connectivity index (χ3v) is 4.90. The molecule has 0 aromatic heterocycles. The molecule has 0 heterocycles. The molecule has 0 saturated carbocycles. The van der Waals surface area contributed by atoms with E-state index in [9.17, 15) is 9.59 Å². The molecule has 180 valence electrons. The Morgan fingerprint density at radius 2 is 1.77 bits per heavy atom. The lowest BCUT2D eigenvalue weighted by molar-refractivity contribution is -0.123. The van der Waals surface area contributed by atoms with Crippen LogP contribution < -0.4 is 19.6 Å². The summed E-state index contributed by atoms with van der Waals surface area (Å²) in [4.78, 5) is 24.5. The lowest BCUT2D eigenvalue weighted by atomic mass is 10.1. The highest BCUT2D eigenvalue weighted by molar-refractivity contribution is 6.30. The highest BCUT2D eigenvalue weighted by Crippen LogP contribution is 2.29. The van der Waals surface area contributed by atoms with Crippen molar-refractivity contribution in [2.24, 2.45) is 5.10 Å². The summed E-state index contributed by atoms with van der Waals surface area (Å²) >= 11 is 5.86. The van der Waals surface area contributed by atoms with Crippen LogP contribution >= 0.6 is 11.6 Å². The normalized spacial score (nSPS) is 10.6. The Hall–Kier alpha value is -4.10. The molecule has 1 N–H and O–H groups in total. The van der Waals surface area contributed by atoms with Gasteiger partial charge in [-0.3, -0.25) is 4.79 Å². The molecule has 0 saturated heterocycles. The fraction of sp³-hybridized carbons (Fsp3) is 0.148. The summed E-state index contributed by atoms with van der Waals surface area (Å²) in [5.74, 6) is 0.308. The van der Waals surface area contributed by atoms with Crippen molar-refractivity contribution in [3.63, 3.8) is 0 Å². The zero-order chi connectivity index (χ0) is 25.0. The van der Waals surface area contributed by atoms with Crippen LogP contribution in [0.2, 0.25) is 5.02 Å². The zero-order valence-corrected chi connectivity index (χ0v) is 20.0. The number of rotatable bonds is 11. The summed E-state index contributed by atoms with van der Waals surface area (Å²) in [6.07, 6.45) is 3.87. The summed E-state index contributed by atoms with van der Waals surface area (Å²) in [5.41, 5.74) is 4.37. The number of halogens is 1. The molecule has 0 radical (unpaired) electrons. The number of hydrogen-bond acceptors (Lipinski definition) is 6. The van der Waals surface area contributed by atoms with Crippen molar-refractivity contribution in [3.05, 3.63) is 101 Å². The minimum Gasteiger partial charge on any atom is -0.490 e. The summed E-state index contributed by atoms with van der Waals surface area (Å²) in [6, 6.07) is 18.8. The molecule has 0 fully saturated rings. The number of ether oxygens (including phenoxy) is 3. The molecule has 3 rings (SSSR count). The van der Waals surface area contributed by atoms with Crippen molar-refractivity contribution in [1.29, 1.82) is 0 Å². The SMILES string of the molecule is C=CCc1ccccc1OCC(=O)N/N=C\c1ccc(OC(=O)c2ccc(Cl)cc2)c(OCC)c1. The highest BCUT2D eigenvalue weighted by atomic mass is 35.5. The Labute approximate surface area is 209 Å². The first-order valence-corrected chi connectivity index (χ1v) is 11.3. The largest absolute Gasteiger partial charge is 0.490 e. The minimum atomic E-state index is -0.536. The second-order valence-electron chi connectivity index (χ2n) is 7.22. The van der Waals surface area contributed by atoms with E-state index in [1.165, 1.54) is 6.21 Å². The number of para-hydroxylation sites is 1. The third-order valence-electron chi connectivity index (χ3n) is 4.65. The van der Waals surface area contributed by atoms with Gasteiger partial charge in [0.2, 0.25) is 0 Å². The average Bonchev–Trinajstić information content (AvgIpc) is 2.86. The lowest BCUT2D eigenvalue weighted by Gasteiger charge is -2.11.